The average Bonchev–Trinajstić information content (AvgIpc) is 2.37. The molecule has 1 aromatic carbocycles. The molecular formula is C16H26BrNO. The molecule has 0 radical (unpaired) electrons. The topological polar surface area (TPSA) is 21.3 Å². The summed E-state index contributed by atoms with van der Waals surface area (Å²) in [7, 11) is 0. The molecule has 0 saturated carbocycles. The molecule has 1 unspecified atom stereocenters. The summed E-state index contributed by atoms with van der Waals surface area (Å²) < 4.78 is 6.76. The van der Waals surface area contributed by atoms with Crippen LogP contribution in [0.25, 0.3) is 0 Å². The number of ether oxygens (including phenoxy) is 1. The van der Waals surface area contributed by atoms with Gasteiger partial charge < -0.3 is 10.1 Å². The Balaban J connectivity index is 2.26. The molecule has 1 N–H and O–H groups in total. The van der Waals surface area contributed by atoms with Crippen molar-refractivity contribution in [2.24, 2.45) is 5.92 Å². The smallest absolute Gasteiger partial charge is 0.0591 e. The van der Waals surface area contributed by atoms with Crippen molar-refractivity contribution in [2.75, 3.05) is 19.8 Å². The molecule has 3 heteroatoms. The minimum Gasteiger partial charge on any atom is -0.380 e. The fourth-order valence-electron chi connectivity index (χ4n) is 1.95. The molecule has 19 heavy (non-hydrogen) atoms. The molecule has 0 saturated heterocycles. The Labute approximate surface area is 126 Å². The second-order valence-corrected chi connectivity index (χ2v) is 6.18. The summed E-state index contributed by atoms with van der Waals surface area (Å²) in [6.07, 6.45) is 2.23. The minimum atomic E-state index is 0.409. The third-order valence-corrected chi connectivity index (χ3v) is 3.63. The molecule has 2 nitrogen and oxygen atoms in total. The van der Waals surface area contributed by atoms with E-state index in [1.54, 1.807) is 0 Å². The Hall–Kier alpha value is -0.380. The van der Waals surface area contributed by atoms with Gasteiger partial charge in [-0.15, -0.1) is 0 Å². The van der Waals surface area contributed by atoms with Crippen LogP contribution in [0.5, 0.6) is 0 Å². The fourth-order valence-corrected chi connectivity index (χ4v) is 2.36. The Kier molecular flexibility index (Phi) is 8.35. The molecule has 0 spiro atoms. The highest BCUT2D eigenvalue weighted by Gasteiger charge is 2.08. The van der Waals surface area contributed by atoms with Gasteiger partial charge in [0.25, 0.3) is 0 Å². The van der Waals surface area contributed by atoms with Crippen molar-refractivity contribution in [1.29, 1.82) is 0 Å². The van der Waals surface area contributed by atoms with E-state index in [2.05, 4.69) is 66.3 Å². The van der Waals surface area contributed by atoms with Crippen molar-refractivity contribution in [1.82, 2.24) is 5.32 Å². The van der Waals surface area contributed by atoms with Crippen LogP contribution in [0.3, 0.4) is 0 Å². The lowest BCUT2D eigenvalue weighted by atomic mass is 10.0. The predicted molar refractivity (Wildman–Crippen MR) is 85.5 cm³/mol. The van der Waals surface area contributed by atoms with Crippen molar-refractivity contribution < 1.29 is 4.74 Å². The lowest BCUT2D eigenvalue weighted by Crippen LogP contribution is -2.25. The molecule has 1 atom stereocenters. The van der Waals surface area contributed by atoms with E-state index in [0.29, 0.717) is 6.04 Å². The largest absolute Gasteiger partial charge is 0.380 e. The Morgan fingerprint density at radius 2 is 2.05 bits per heavy atom. The second-order valence-electron chi connectivity index (χ2n) is 5.26. The van der Waals surface area contributed by atoms with Crippen molar-refractivity contribution in [3.8, 4) is 0 Å². The molecule has 0 fully saturated rings. The zero-order valence-corrected chi connectivity index (χ0v) is 13.9. The average molecular weight is 328 g/mol. The Bertz CT molecular complexity index is 354. The van der Waals surface area contributed by atoms with Gasteiger partial charge in [-0.3, -0.25) is 0 Å². The first-order valence-electron chi connectivity index (χ1n) is 7.20. The van der Waals surface area contributed by atoms with Gasteiger partial charge in [0, 0.05) is 23.7 Å². The van der Waals surface area contributed by atoms with Crippen molar-refractivity contribution in [3.63, 3.8) is 0 Å². The summed E-state index contributed by atoms with van der Waals surface area (Å²) in [5, 5.41) is 3.56. The van der Waals surface area contributed by atoms with Crippen LogP contribution < -0.4 is 5.32 Å². The predicted octanol–water partition coefficient (Wildman–Crippen LogP) is 4.55. The maximum Gasteiger partial charge on any atom is 0.0591 e. The van der Waals surface area contributed by atoms with E-state index in [1.165, 1.54) is 5.56 Å². The third-order valence-electron chi connectivity index (χ3n) is 3.14. The molecule has 0 heterocycles. The van der Waals surface area contributed by atoms with Crippen LogP contribution in [-0.2, 0) is 4.74 Å². The van der Waals surface area contributed by atoms with Gasteiger partial charge in [-0.1, -0.05) is 48.8 Å². The summed E-state index contributed by atoms with van der Waals surface area (Å²) in [6, 6.07) is 8.91. The van der Waals surface area contributed by atoms with Crippen molar-refractivity contribution >= 4 is 15.9 Å². The van der Waals surface area contributed by atoms with Crippen LogP contribution >= 0.6 is 15.9 Å². The van der Waals surface area contributed by atoms with Crippen LogP contribution in [0.2, 0.25) is 0 Å². The highest BCUT2D eigenvalue weighted by Crippen LogP contribution is 2.20. The van der Waals surface area contributed by atoms with E-state index in [0.717, 1.165) is 43.0 Å². The van der Waals surface area contributed by atoms with E-state index in [-0.39, 0.29) is 0 Å². The molecule has 1 aromatic rings. The zero-order valence-electron chi connectivity index (χ0n) is 12.3. The van der Waals surface area contributed by atoms with Gasteiger partial charge >= 0.3 is 0 Å². The van der Waals surface area contributed by atoms with E-state index in [4.69, 9.17) is 4.74 Å². The number of benzene rings is 1. The lowest BCUT2D eigenvalue weighted by molar-refractivity contribution is 0.123. The molecule has 0 aliphatic rings. The van der Waals surface area contributed by atoms with Crippen LogP contribution in [0, 0.1) is 5.92 Å². The summed E-state index contributed by atoms with van der Waals surface area (Å²) in [5.74, 6) is 0.720. The monoisotopic (exact) mass is 327 g/mol. The fraction of sp³-hybridized carbons (Fsp3) is 0.625. The van der Waals surface area contributed by atoms with Gasteiger partial charge in [-0.25, -0.2) is 0 Å². The number of rotatable bonds is 9. The molecule has 0 amide bonds. The van der Waals surface area contributed by atoms with Gasteiger partial charge in [-0.2, -0.15) is 0 Å². The molecule has 1 rings (SSSR count). The summed E-state index contributed by atoms with van der Waals surface area (Å²) >= 11 is 3.52. The first kappa shape index (κ1) is 16.7. The van der Waals surface area contributed by atoms with Crippen molar-refractivity contribution in [3.05, 3.63) is 34.3 Å². The molecule has 0 aliphatic heterocycles. The summed E-state index contributed by atoms with van der Waals surface area (Å²) in [4.78, 5) is 0. The maximum absolute atomic E-state index is 5.63. The van der Waals surface area contributed by atoms with Gasteiger partial charge in [-0.05, 0) is 36.5 Å². The SMILES string of the molecule is CCC(NCCOCCC(C)C)c1cccc(Br)c1. The summed E-state index contributed by atoms with van der Waals surface area (Å²) in [5.41, 5.74) is 1.33. The Morgan fingerprint density at radius 1 is 1.26 bits per heavy atom. The third kappa shape index (κ3) is 7.09. The first-order chi connectivity index (χ1) is 9.13. The van der Waals surface area contributed by atoms with Crippen molar-refractivity contribution in [2.45, 2.75) is 39.7 Å². The van der Waals surface area contributed by atoms with E-state index < -0.39 is 0 Å². The second kappa shape index (κ2) is 9.51. The molecule has 0 bridgehead atoms. The molecule has 0 aliphatic carbocycles. The highest BCUT2D eigenvalue weighted by atomic mass is 79.9. The lowest BCUT2D eigenvalue weighted by Gasteiger charge is -2.18. The van der Waals surface area contributed by atoms with Gasteiger partial charge in [0.05, 0.1) is 6.61 Å². The van der Waals surface area contributed by atoms with Crippen LogP contribution in [0.4, 0.5) is 0 Å². The van der Waals surface area contributed by atoms with Crippen LogP contribution in [0.1, 0.15) is 45.2 Å². The van der Waals surface area contributed by atoms with Gasteiger partial charge in [0.15, 0.2) is 0 Å². The van der Waals surface area contributed by atoms with Crippen LogP contribution in [-0.4, -0.2) is 19.8 Å². The van der Waals surface area contributed by atoms with Gasteiger partial charge in [0.1, 0.15) is 0 Å². The Morgan fingerprint density at radius 3 is 2.68 bits per heavy atom. The number of halogens is 1. The quantitative estimate of drug-likeness (QED) is 0.671. The van der Waals surface area contributed by atoms with Crippen LogP contribution in [0.15, 0.2) is 28.7 Å². The van der Waals surface area contributed by atoms with Gasteiger partial charge in [0.2, 0.25) is 0 Å². The molecular weight excluding hydrogens is 302 g/mol. The highest BCUT2D eigenvalue weighted by molar-refractivity contribution is 9.10. The van der Waals surface area contributed by atoms with E-state index in [9.17, 15) is 0 Å². The normalized spacial score (nSPS) is 12.9. The maximum atomic E-state index is 5.63. The standard InChI is InChI=1S/C16H26BrNO/c1-4-16(14-6-5-7-15(17)12-14)18-9-11-19-10-8-13(2)3/h5-7,12-13,16,18H,4,8-11H2,1-3H3. The van der Waals surface area contributed by atoms with E-state index in [1.807, 2.05) is 0 Å². The minimum absolute atomic E-state index is 0.409. The first-order valence-corrected chi connectivity index (χ1v) is 7.99. The summed E-state index contributed by atoms with van der Waals surface area (Å²) in [6.45, 7) is 9.22. The zero-order chi connectivity index (χ0) is 14.1. The number of nitrogens with one attached hydrogen (secondary N) is 1. The number of hydrogen-bond acceptors (Lipinski definition) is 2. The van der Waals surface area contributed by atoms with E-state index >= 15 is 0 Å². The molecule has 0 aromatic heterocycles. The molecule has 108 valence electrons. The number of hydrogen-bond donors (Lipinski definition) is 1.